The van der Waals surface area contributed by atoms with Crippen molar-refractivity contribution in [3.05, 3.63) is 23.4 Å². The second-order valence-electron chi connectivity index (χ2n) is 3.37. The van der Waals surface area contributed by atoms with Gasteiger partial charge in [-0.3, -0.25) is 0 Å². The highest BCUT2D eigenvalue weighted by molar-refractivity contribution is 5.88. The number of aromatic amines is 1. The second-order valence-corrected chi connectivity index (χ2v) is 3.37. The molecule has 0 amide bonds. The van der Waals surface area contributed by atoms with Crippen molar-refractivity contribution in [1.82, 2.24) is 25.0 Å². The summed E-state index contributed by atoms with van der Waals surface area (Å²) in [5, 5.41) is 16.4. The summed E-state index contributed by atoms with van der Waals surface area (Å²) in [5.41, 5.74) is 0.833. The molecule has 0 aromatic carbocycles. The Labute approximate surface area is 102 Å². The molecule has 8 nitrogen and oxygen atoms in total. The molecule has 2 aromatic heterocycles. The lowest BCUT2D eigenvalue weighted by Gasteiger charge is -2.00. The minimum absolute atomic E-state index is 0.115. The van der Waals surface area contributed by atoms with Crippen LogP contribution in [-0.2, 0) is 4.74 Å². The zero-order valence-electron chi connectivity index (χ0n) is 9.84. The number of aromatic nitrogens is 5. The van der Waals surface area contributed by atoms with Gasteiger partial charge in [0.05, 0.1) is 18.6 Å². The van der Waals surface area contributed by atoms with Crippen molar-refractivity contribution in [2.45, 2.75) is 13.8 Å². The number of nitrogens with zero attached hydrogens (tertiary/aromatic N) is 5. The molecule has 0 bridgehead atoms. The molecule has 0 aliphatic rings. The molecular weight excluding hydrogens is 236 g/mol. The number of rotatable bonds is 3. The van der Waals surface area contributed by atoms with Crippen LogP contribution in [0, 0.1) is 18.3 Å². The van der Waals surface area contributed by atoms with Crippen molar-refractivity contribution in [2.24, 2.45) is 0 Å². The van der Waals surface area contributed by atoms with Gasteiger partial charge >= 0.3 is 5.97 Å². The van der Waals surface area contributed by atoms with E-state index < -0.39 is 5.97 Å². The summed E-state index contributed by atoms with van der Waals surface area (Å²) in [6.45, 7) is 3.62. The molecule has 0 saturated heterocycles. The molecular formula is C10H10N6O2. The van der Waals surface area contributed by atoms with Gasteiger partial charge in [0, 0.05) is 0 Å². The maximum absolute atomic E-state index is 11.6. The Kier molecular flexibility index (Phi) is 3.05. The first-order chi connectivity index (χ1) is 8.69. The highest BCUT2D eigenvalue weighted by Crippen LogP contribution is 2.13. The van der Waals surface area contributed by atoms with E-state index in [4.69, 9.17) is 10.00 Å². The molecule has 2 heterocycles. The van der Waals surface area contributed by atoms with Crippen LogP contribution in [-0.4, -0.2) is 37.5 Å². The van der Waals surface area contributed by atoms with Gasteiger partial charge in [0.2, 0.25) is 0 Å². The molecule has 0 radical (unpaired) electrons. The summed E-state index contributed by atoms with van der Waals surface area (Å²) in [5.74, 6) is -0.242. The van der Waals surface area contributed by atoms with Crippen molar-refractivity contribution in [3.63, 3.8) is 0 Å². The van der Waals surface area contributed by atoms with Crippen LogP contribution in [0.3, 0.4) is 0 Å². The third-order valence-electron chi connectivity index (χ3n) is 2.30. The summed E-state index contributed by atoms with van der Waals surface area (Å²) in [7, 11) is 0. The fourth-order valence-electron chi connectivity index (χ4n) is 1.45. The number of nitriles is 1. The number of ether oxygens (including phenoxy) is 1. The highest BCUT2D eigenvalue weighted by Gasteiger charge is 2.20. The molecule has 0 atom stereocenters. The molecule has 18 heavy (non-hydrogen) atoms. The molecule has 2 rings (SSSR count). The number of carbonyl (C=O) groups excluding carboxylic acids is 1. The Balaban J connectivity index is 2.44. The van der Waals surface area contributed by atoms with E-state index in [2.05, 4.69) is 20.3 Å². The lowest BCUT2D eigenvalue weighted by Crippen LogP contribution is -2.08. The number of imidazole rings is 1. The first-order valence-corrected chi connectivity index (χ1v) is 5.22. The first-order valence-electron chi connectivity index (χ1n) is 5.22. The van der Waals surface area contributed by atoms with Crippen LogP contribution in [0.1, 0.15) is 28.8 Å². The van der Waals surface area contributed by atoms with Crippen molar-refractivity contribution in [1.29, 1.82) is 5.26 Å². The number of H-pyrrole nitrogens is 1. The molecule has 1 N–H and O–H groups in total. The highest BCUT2D eigenvalue weighted by atomic mass is 16.5. The van der Waals surface area contributed by atoms with Gasteiger partial charge < -0.3 is 9.72 Å². The fraction of sp³-hybridized carbons (Fsp3) is 0.300. The van der Waals surface area contributed by atoms with Gasteiger partial charge in [0.25, 0.3) is 0 Å². The average molecular weight is 246 g/mol. The molecule has 92 valence electrons. The molecule has 0 aliphatic carbocycles. The standard InChI is InChI=1S/C10H10N6O2/c1-3-18-10(17)8-6(2)16(15-14-8)9-7(4-11)12-5-13-9/h5H,3H2,1-2H3,(H,12,13). The van der Waals surface area contributed by atoms with Crippen LogP contribution in [0.5, 0.6) is 0 Å². The van der Waals surface area contributed by atoms with Crippen LogP contribution in [0.4, 0.5) is 0 Å². The largest absolute Gasteiger partial charge is 0.461 e. The SMILES string of the molecule is CCOC(=O)c1nnn(-c2nc[nH]c2C#N)c1C. The van der Waals surface area contributed by atoms with Crippen LogP contribution < -0.4 is 0 Å². The molecule has 0 unspecified atom stereocenters. The van der Waals surface area contributed by atoms with Crippen molar-refractivity contribution < 1.29 is 9.53 Å². The van der Waals surface area contributed by atoms with Gasteiger partial charge in [-0.15, -0.1) is 5.10 Å². The zero-order valence-corrected chi connectivity index (χ0v) is 9.84. The topological polar surface area (TPSA) is 109 Å². The number of nitrogens with one attached hydrogen (secondary N) is 1. The van der Waals surface area contributed by atoms with E-state index in [1.54, 1.807) is 13.8 Å². The van der Waals surface area contributed by atoms with Crippen LogP contribution in [0.25, 0.3) is 5.82 Å². The average Bonchev–Trinajstić information content (AvgIpc) is 2.94. The lowest BCUT2D eigenvalue weighted by atomic mass is 10.3. The van der Waals surface area contributed by atoms with E-state index in [1.807, 2.05) is 6.07 Å². The number of hydrogen-bond donors (Lipinski definition) is 1. The van der Waals surface area contributed by atoms with Crippen molar-refractivity contribution in [3.8, 4) is 11.9 Å². The summed E-state index contributed by atoms with van der Waals surface area (Å²) in [6, 6.07) is 1.94. The minimum Gasteiger partial charge on any atom is -0.461 e. The Morgan fingerprint density at radius 3 is 3.11 bits per heavy atom. The summed E-state index contributed by atoms with van der Waals surface area (Å²) in [6.07, 6.45) is 1.37. The van der Waals surface area contributed by atoms with Gasteiger partial charge in [0.1, 0.15) is 6.07 Å². The lowest BCUT2D eigenvalue weighted by molar-refractivity contribution is 0.0518. The van der Waals surface area contributed by atoms with E-state index in [0.29, 0.717) is 11.5 Å². The van der Waals surface area contributed by atoms with Gasteiger partial charge in [-0.25, -0.2) is 9.78 Å². The fourth-order valence-corrected chi connectivity index (χ4v) is 1.45. The zero-order chi connectivity index (χ0) is 13.1. The minimum atomic E-state index is -0.546. The van der Waals surface area contributed by atoms with Crippen LogP contribution >= 0.6 is 0 Å². The molecule has 8 heteroatoms. The van der Waals surface area contributed by atoms with E-state index in [9.17, 15) is 4.79 Å². The maximum Gasteiger partial charge on any atom is 0.360 e. The number of esters is 1. The Morgan fingerprint density at radius 1 is 1.67 bits per heavy atom. The number of hydrogen-bond acceptors (Lipinski definition) is 6. The second kappa shape index (κ2) is 4.67. The Morgan fingerprint density at radius 2 is 2.44 bits per heavy atom. The summed E-state index contributed by atoms with van der Waals surface area (Å²) in [4.78, 5) is 18.2. The monoisotopic (exact) mass is 246 g/mol. The van der Waals surface area contributed by atoms with Gasteiger partial charge in [-0.2, -0.15) is 9.94 Å². The van der Waals surface area contributed by atoms with Crippen LogP contribution in [0.15, 0.2) is 6.33 Å². The van der Waals surface area contributed by atoms with Crippen LogP contribution in [0.2, 0.25) is 0 Å². The molecule has 0 aliphatic heterocycles. The smallest absolute Gasteiger partial charge is 0.360 e. The van der Waals surface area contributed by atoms with Gasteiger partial charge in [0.15, 0.2) is 17.2 Å². The third kappa shape index (κ3) is 1.82. The molecule has 0 saturated carbocycles. The number of carbonyl (C=O) groups is 1. The van der Waals surface area contributed by atoms with E-state index in [0.717, 1.165) is 0 Å². The Hall–Kier alpha value is -2.69. The summed E-state index contributed by atoms with van der Waals surface area (Å²) >= 11 is 0. The van der Waals surface area contributed by atoms with Crippen molar-refractivity contribution in [2.75, 3.05) is 6.61 Å². The normalized spacial score (nSPS) is 10.1. The van der Waals surface area contributed by atoms with Gasteiger partial charge in [-0.1, -0.05) is 5.21 Å². The van der Waals surface area contributed by atoms with E-state index in [-0.39, 0.29) is 18.0 Å². The quantitative estimate of drug-likeness (QED) is 0.782. The Bertz CT molecular complexity index is 621. The molecule has 2 aromatic rings. The van der Waals surface area contributed by atoms with E-state index >= 15 is 0 Å². The maximum atomic E-state index is 11.6. The predicted molar refractivity (Wildman–Crippen MR) is 58.9 cm³/mol. The third-order valence-corrected chi connectivity index (χ3v) is 2.30. The van der Waals surface area contributed by atoms with Gasteiger partial charge in [-0.05, 0) is 13.8 Å². The van der Waals surface area contributed by atoms with E-state index in [1.165, 1.54) is 11.0 Å². The predicted octanol–water partition coefficient (Wildman–Crippen LogP) is 0.347. The molecule has 0 fully saturated rings. The first kappa shape index (κ1) is 11.8. The molecule has 0 spiro atoms. The summed E-state index contributed by atoms with van der Waals surface area (Å²) < 4.78 is 6.17. The van der Waals surface area contributed by atoms with Crippen molar-refractivity contribution >= 4 is 5.97 Å².